The first-order chi connectivity index (χ1) is 24.6. The predicted molar refractivity (Wildman–Crippen MR) is 185 cm³/mol. The Bertz CT molecular complexity index is 1300. The zero-order valence-corrected chi connectivity index (χ0v) is 31.4. The standard InChI is InChI=1S/C39H64O13/c1-18(16-40)8-13-39(47)19(2)28-26(52-39)15-25-23-7-6-21-14-22(9-11-37(21,4)24(23)10-12-38(25,28)5)49-36-33(46)34(30(43)27(17-41)50-36)51-35-32(45)31(44)29(42)20(3)48-35/h6,18-20,22-36,40-47H,7-17H2,1-5H3/t18-,19+,20+,22+,23-,24+,25+,26+,27-,28+,29+,30-,31-,32-,33-,34+,35+,36-,37+,38+,39-/m1/s1. The first-order valence-corrected chi connectivity index (χ1v) is 19.9. The van der Waals surface area contributed by atoms with Crippen molar-refractivity contribution in [3.63, 3.8) is 0 Å². The van der Waals surface area contributed by atoms with Gasteiger partial charge in [-0.3, -0.25) is 0 Å². The van der Waals surface area contributed by atoms with Crippen LogP contribution in [0.15, 0.2) is 11.6 Å². The lowest BCUT2D eigenvalue weighted by atomic mass is 9.47. The van der Waals surface area contributed by atoms with E-state index in [0.717, 1.165) is 44.9 Å². The lowest BCUT2D eigenvalue weighted by molar-refractivity contribution is -0.361. The topological polar surface area (TPSA) is 208 Å². The Kier molecular flexibility index (Phi) is 11.1. The van der Waals surface area contributed by atoms with Gasteiger partial charge in [-0.2, -0.15) is 0 Å². The molecule has 13 nitrogen and oxygen atoms in total. The van der Waals surface area contributed by atoms with Gasteiger partial charge in [-0.25, -0.2) is 0 Å². The van der Waals surface area contributed by atoms with Crippen molar-refractivity contribution >= 4 is 0 Å². The molecule has 7 aliphatic rings. The third-order valence-corrected chi connectivity index (χ3v) is 15.3. The van der Waals surface area contributed by atoms with Crippen LogP contribution in [0.5, 0.6) is 0 Å². The molecule has 6 fully saturated rings. The first kappa shape index (κ1) is 39.5. The van der Waals surface area contributed by atoms with Crippen LogP contribution in [0, 0.1) is 46.3 Å². The van der Waals surface area contributed by atoms with Gasteiger partial charge in [0.15, 0.2) is 18.4 Å². The summed E-state index contributed by atoms with van der Waals surface area (Å²) < 4.78 is 30.2. The number of fused-ring (bicyclic) bond motifs is 7. The number of hydrogen-bond donors (Lipinski definition) is 8. The molecular weight excluding hydrogens is 676 g/mol. The van der Waals surface area contributed by atoms with Crippen molar-refractivity contribution in [3.8, 4) is 0 Å². The van der Waals surface area contributed by atoms with Crippen LogP contribution in [-0.2, 0) is 23.7 Å². The summed E-state index contributed by atoms with van der Waals surface area (Å²) in [6.07, 6.45) is -3.62. The van der Waals surface area contributed by atoms with Crippen LogP contribution in [0.2, 0.25) is 0 Å². The fourth-order valence-corrected chi connectivity index (χ4v) is 12.1. The van der Waals surface area contributed by atoms with E-state index in [4.69, 9.17) is 23.7 Å². The fourth-order valence-electron chi connectivity index (χ4n) is 12.1. The summed E-state index contributed by atoms with van der Waals surface area (Å²) in [5.41, 5.74) is 1.46. The lowest BCUT2D eigenvalue weighted by Crippen LogP contribution is -2.64. The minimum absolute atomic E-state index is 0.00746. The van der Waals surface area contributed by atoms with Gasteiger partial charge in [0, 0.05) is 18.9 Å². The molecule has 21 atom stereocenters. The van der Waals surface area contributed by atoms with Gasteiger partial charge < -0.3 is 64.5 Å². The maximum Gasteiger partial charge on any atom is 0.187 e. The maximum atomic E-state index is 11.7. The van der Waals surface area contributed by atoms with Gasteiger partial charge in [0.1, 0.15) is 42.7 Å². The van der Waals surface area contributed by atoms with E-state index in [1.807, 2.05) is 6.92 Å². The molecule has 0 aromatic rings. The Morgan fingerprint density at radius 1 is 0.885 bits per heavy atom. The number of rotatable bonds is 9. The highest BCUT2D eigenvalue weighted by Gasteiger charge is 2.68. The number of ether oxygens (including phenoxy) is 5. The number of hydrogen-bond acceptors (Lipinski definition) is 13. The molecular formula is C39H64O13. The van der Waals surface area contributed by atoms with Crippen molar-refractivity contribution in [2.24, 2.45) is 46.3 Å². The molecule has 7 rings (SSSR count). The molecule has 0 aromatic heterocycles. The van der Waals surface area contributed by atoms with E-state index < -0.39 is 73.8 Å². The van der Waals surface area contributed by atoms with Crippen LogP contribution >= 0.6 is 0 Å². The number of aliphatic hydroxyl groups excluding tert-OH is 7. The Labute approximate surface area is 307 Å². The average molecular weight is 741 g/mol. The monoisotopic (exact) mass is 740 g/mol. The molecule has 3 saturated carbocycles. The van der Waals surface area contributed by atoms with E-state index in [0.29, 0.717) is 36.5 Å². The Morgan fingerprint density at radius 2 is 1.62 bits per heavy atom. The molecule has 298 valence electrons. The van der Waals surface area contributed by atoms with Crippen molar-refractivity contribution in [2.75, 3.05) is 13.2 Å². The maximum absolute atomic E-state index is 11.7. The lowest BCUT2D eigenvalue weighted by Gasteiger charge is -2.58. The van der Waals surface area contributed by atoms with E-state index in [2.05, 4.69) is 26.8 Å². The molecule has 52 heavy (non-hydrogen) atoms. The summed E-state index contributed by atoms with van der Waals surface area (Å²) in [6.45, 7) is 10.1. The van der Waals surface area contributed by atoms with Crippen LogP contribution in [0.1, 0.15) is 92.4 Å². The second kappa shape index (κ2) is 14.6. The summed E-state index contributed by atoms with van der Waals surface area (Å²) in [5.74, 6) is 0.891. The summed E-state index contributed by atoms with van der Waals surface area (Å²) in [6, 6.07) is 0. The van der Waals surface area contributed by atoms with Crippen LogP contribution < -0.4 is 0 Å². The van der Waals surface area contributed by atoms with Gasteiger partial charge in [-0.15, -0.1) is 0 Å². The largest absolute Gasteiger partial charge is 0.396 e. The van der Waals surface area contributed by atoms with Crippen molar-refractivity contribution in [1.29, 1.82) is 0 Å². The van der Waals surface area contributed by atoms with E-state index >= 15 is 0 Å². The average Bonchev–Trinajstić information content (AvgIpc) is 3.56. The zero-order valence-electron chi connectivity index (χ0n) is 31.4. The molecule has 8 N–H and O–H groups in total. The molecule has 0 aromatic carbocycles. The smallest absolute Gasteiger partial charge is 0.187 e. The summed E-state index contributed by atoms with van der Waals surface area (Å²) in [5, 5.41) is 84.4. The van der Waals surface area contributed by atoms with Crippen molar-refractivity contribution < 1.29 is 64.5 Å². The normalized spacial score (nSPS) is 55.2. The molecule has 0 bridgehead atoms. The molecule has 0 amide bonds. The summed E-state index contributed by atoms with van der Waals surface area (Å²) >= 11 is 0. The third-order valence-electron chi connectivity index (χ3n) is 15.3. The highest BCUT2D eigenvalue weighted by Crippen LogP contribution is 2.70. The number of allylic oxidation sites excluding steroid dienone is 1. The zero-order chi connectivity index (χ0) is 37.5. The molecule has 0 radical (unpaired) electrons. The molecule has 3 aliphatic heterocycles. The molecule has 3 heterocycles. The minimum atomic E-state index is -1.63. The van der Waals surface area contributed by atoms with Gasteiger partial charge in [0.25, 0.3) is 0 Å². The van der Waals surface area contributed by atoms with Gasteiger partial charge in [-0.05, 0) is 98.7 Å². The van der Waals surface area contributed by atoms with Crippen LogP contribution in [-0.4, -0.2) is 133 Å². The van der Waals surface area contributed by atoms with Gasteiger partial charge in [-0.1, -0.05) is 39.3 Å². The van der Waals surface area contributed by atoms with Crippen molar-refractivity contribution in [3.05, 3.63) is 11.6 Å². The van der Waals surface area contributed by atoms with E-state index in [1.165, 1.54) is 12.5 Å². The summed E-state index contributed by atoms with van der Waals surface area (Å²) in [7, 11) is 0. The van der Waals surface area contributed by atoms with Crippen LogP contribution in [0.25, 0.3) is 0 Å². The van der Waals surface area contributed by atoms with E-state index in [-0.39, 0.29) is 41.5 Å². The first-order valence-electron chi connectivity index (χ1n) is 19.9. The third kappa shape index (κ3) is 6.45. The van der Waals surface area contributed by atoms with Gasteiger partial charge in [0.2, 0.25) is 0 Å². The van der Waals surface area contributed by atoms with E-state index in [9.17, 15) is 40.9 Å². The molecule has 3 saturated heterocycles. The number of aliphatic hydroxyl groups is 8. The second-order valence-electron chi connectivity index (χ2n) is 18.2. The van der Waals surface area contributed by atoms with Crippen molar-refractivity contribution in [1.82, 2.24) is 0 Å². The Hall–Kier alpha value is -0.780. The second-order valence-corrected chi connectivity index (χ2v) is 18.2. The highest BCUT2D eigenvalue weighted by atomic mass is 16.7. The predicted octanol–water partition coefficient (Wildman–Crippen LogP) is 1.34. The Morgan fingerprint density at radius 3 is 2.33 bits per heavy atom. The molecule has 13 heteroatoms. The van der Waals surface area contributed by atoms with Gasteiger partial charge >= 0.3 is 0 Å². The van der Waals surface area contributed by atoms with Gasteiger partial charge in [0.05, 0.1) is 24.9 Å². The quantitative estimate of drug-likeness (QED) is 0.157. The molecule has 0 unspecified atom stereocenters. The molecule has 4 aliphatic carbocycles. The molecule has 0 spiro atoms. The minimum Gasteiger partial charge on any atom is -0.396 e. The SMILES string of the molecule is C[C@@H](CO)CC[C@@]1(O)O[C@H]2C[C@H]3[C@@H]4CC=C5C[C@@H](O[C@@H]6O[C@H](CO)[C@@H](O)[C@H](O[C@@H]7O[C@@H](C)[C@H](O)[C@@H](O)[C@H]7O)[C@H]6O)CC[C@]5(C)[C@H]4CC[C@]3(C)[C@H]2[C@@H]1C. The van der Waals surface area contributed by atoms with Crippen molar-refractivity contribution in [2.45, 2.75) is 172 Å². The van der Waals surface area contributed by atoms with Crippen LogP contribution in [0.4, 0.5) is 0 Å². The fraction of sp³-hybridized carbons (Fsp3) is 0.949. The van der Waals surface area contributed by atoms with Crippen LogP contribution in [0.3, 0.4) is 0 Å². The van der Waals surface area contributed by atoms with E-state index in [1.54, 1.807) is 0 Å². The highest BCUT2D eigenvalue weighted by molar-refractivity contribution is 5.26. The Balaban J connectivity index is 1.01. The summed E-state index contributed by atoms with van der Waals surface area (Å²) in [4.78, 5) is 0.